The molecule has 1 fully saturated rings. The number of nitrogens with two attached hydrogens (primary N) is 1. The van der Waals surface area contributed by atoms with Crippen molar-refractivity contribution in [3.63, 3.8) is 0 Å². The monoisotopic (exact) mass is 520 g/mol. The van der Waals surface area contributed by atoms with Crippen LogP contribution >= 0.6 is 15.9 Å². The number of hydrogen-bond donors (Lipinski definition) is 2. The van der Waals surface area contributed by atoms with Gasteiger partial charge in [0.1, 0.15) is 5.75 Å². The number of hydrogen-bond acceptors (Lipinski definition) is 6. The zero-order chi connectivity index (χ0) is 24.2. The molecule has 0 saturated heterocycles. The van der Waals surface area contributed by atoms with Gasteiger partial charge in [-0.1, -0.05) is 33.3 Å². The minimum absolute atomic E-state index is 0.125. The molecule has 1 aromatic heterocycles. The van der Waals surface area contributed by atoms with Gasteiger partial charge in [-0.3, -0.25) is 0 Å². The quantitative estimate of drug-likeness (QED) is 0.480. The number of benzene rings is 1. The van der Waals surface area contributed by atoms with Gasteiger partial charge in [0, 0.05) is 0 Å². The normalized spacial score (nSPS) is 20.6. The maximum Gasteiger partial charge on any atom is 0.173 e. The Balaban J connectivity index is 1.93. The molecule has 3 N–H and O–H groups in total. The number of ether oxygens (including phenoxy) is 1. The second-order valence-corrected chi connectivity index (χ2v) is 12.2. The first-order valence-electron chi connectivity index (χ1n) is 12.1. The van der Waals surface area contributed by atoms with E-state index in [9.17, 15) is 0 Å². The number of rotatable bonds is 9. The van der Waals surface area contributed by atoms with Crippen molar-refractivity contribution >= 4 is 15.9 Å². The molecule has 1 aliphatic rings. The molecule has 33 heavy (non-hydrogen) atoms. The molecule has 1 aliphatic carbocycles. The van der Waals surface area contributed by atoms with E-state index in [0.717, 1.165) is 41.1 Å². The van der Waals surface area contributed by atoms with Gasteiger partial charge in [-0.25, -0.2) is 4.68 Å². The van der Waals surface area contributed by atoms with Gasteiger partial charge in [-0.15, -0.1) is 5.10 Å². The number of methoxy groups -OCH3 is 1. The Morgan fingerprint density at radius 2 is 1.94 bits per heavy atom. The van der Waals surface area contributed by atoms with Gasteiger partial charge in [0.05, 0.1) is 23.2 Å². The Morgan fingerprint density at radius 3 is 2.58 bits per heavy atom. The molecule has 0 radical (unpaired) electrons. The summed E-state index contributed by atoms with van der Waals surface area (Å²) in [6.45, 7) is 12.9. The van der Waals surface area contributed by atoms with Gasteiger partial charge in [0.2, 0.25) is 0 Å². The second kappa shape index (κ2) is 10.8. The van der Waals surface area contributed by atoms with Gasteiger partial charge in [-0.05, 0) is 114 Å². The number of nitrogens with one attached hydrogen (secondary N) is 1. The highest BCUT2D eigenvalue weighted by Gasteiger charge is 2.34. The molecule has 7 nitrogen and oxygen atoms in total. The Hall–Kier alpha value is -1.51. The largest absolute Gasteiger partial charge is 0.496 e. The van der Waals surface area contributed by atoms with E-state index in [-0.39, 0.29) is 17.0 Å². The summed E-state index contributed by atoms with van der Waals surface area (Å²) in [5.74, 6) is 2.90. The highest BCUT2D eigenvalue weighted by molar-refractivity contribution is 9.10. The maximum atomic E-state index is 5.98. The van der Waals surface area contributed by atoms with Crippen molar-refractivity contribution < 1.29 is 4.74 Å². The highest BCUT2D eigenvalue weighted by atomic mass is 79.9. The third-order valence-electron chi connectivity index (χ3n) is 6.63. The van der Waals surface area contributed by atoms with Gasteiger partial charge in [-0.2, -0.15) is 0 Å². The molecule has 0 amide bonds. The predicted molar refractivity (Wildman–Crippen MR) is 136 cm³/mol. The fraction of sp³-hybridized carbons (Fsp3) is 0.720. The summed E-state index contributed by atoms with van der Waals surface area (Å²) >= 11 is 3.66. The zero-order valence-corrected chi connectivity index (χ0v) is 22.7. The fourth-order valence-corrected chi connectivity index (χ4v) is 6.04. The van der Waals surface area contributed by atoms with Gasteiger partial charge in [0.15, 0.2) is 5.82 Å². The second-order valence-electron chi connectivity index (χ2n) is 11.4. The van der Waals surface area contributed by atoms with Crippen molar-refractivity contribution in [2.75, 3.05) is 20.2 Å². The first-order valence-corrected chi connectivity index (χ1v) is 12.9. The van der Waals surface area contributed by atoms with Crippen LogP contribution in [0.1, 0.15) is 84.2 Å². The van der Waals surface area contributed by atoms with Crippen LogP contribution in [0.15, 0.2) is 22.7 Å². The lowest BCUT2D eigenvalue weighted by Crippen LogP contribution is -2.38. The molecule has 0 bridgehead atoms. The molecular weight excluding hydrogens is 480 g/mol. The minimum atomic E-state index is -0.226. The zero-order valence-electron chi connectivity index (χ0n) is 21.1. The molecule has 2 aromatic rings. The van der Waals surface area contributed by atoms with Crippen LogP contribution in [0.3, 0.4) is 0 Å². The van der Waals surface area contributed by atoms with Crippen LogP contribution in [0.5, 0.6) is 5.75 Å². The maximum absolute atomic E-state index is 5.98. The molecule has 0 aliphatic heterocycles. The average Bonchev–Trinajstić information content (AvgIpc) is 3.23. The number of tetrazole rings is 1. The molecule has 1 heterocycles. The SMILES string of the molecule is COc1ccc(C(NCC2CCCC(CN)C2)c2nnnn2C(C)(C)CC(C)(C)C)cc1Br. The van der Waals surface area contributed by atoms with E-state index in [0.29, 0.717) is 11.8 Å². The standard InChI is InChI=1S/C25H41BrN6O/c1-24(2,3)16-25(4,5)32-23(29-30-31-32)22(19-10-11-21(33-6)20(26)13-19)28-15-18-9-7-8-17(12-18)14-27/h10-11,13,17-18,22,28H,7-9,12,14-16,27H2,1-6H3. The predicted octanol–water partition coefficient (Wildman–Crippen LogP) is 5.06. The summed E-state index contributed by atoms with van der Waals surface area (Å²) < 4.78 is 8.39. The Labute approximate surface area is 207 Å². The Morgan fingerprint density at radius 1 is 1.21 bits per heavy atom. The Kier molecular flexibility index (Phi) is 8.56. The van der Waals surface area contributed by atoms with Crippen LogP contribution in [-0.2, 0) is 5.54 Å². The van der Waals surface area contributed by atoms with Crippen LogP contribution in [0.4, 0.5) is 0 Å². The Bertz CT molecular complexity index is 907. The summed E-state index contributed by atoms with van der Waals surface area (Å²) in [5, 5.41) is 16.9. The lowest BCUT2D eigenvalue weighted by atomic mass is 9.81. The summed E-state index contributed by atoms with van der Waals surface area (Å²) in [6.07, 6.45) is 5.88. The van der Waals surface area contributed by atoms with Gasteiger partial charge >= 0.3 is 0 Å². The lowest BCUT2D eigenvalue weighted by Gasteiger charge is -2.34. The lowest BCUT2D eigenvalue weighted by molar-refractivity contribution is 0.187. The summed E-state index contributed by atoms with van der Waals surface area (Å²) in [5.41, 5.74) is 7.02. The summed E-state index contributed by atoms with van der Waals surface area (Å²) in [4.78, 5) is 0. The van der Waals surface area contributed by atoms with E-state index in [2.05, 4.69) is 83.5 Å². The van der Waals surface area contributed by atoms with Crippen LogP contribution < -0.4 is 15.8 Å². The molecule has 0 spiro atoms. The van der Waals surface area contributed by atoms with Crippen molar-refractivity contribution in [2.24, 2.45) is 23.0 Å². The van der Waals surface area contributed by atoms with E-state index in [4.69, 9.17) is 10.5 Å². The first-order chi connectivity index (χ1) is 15.5. The van der Waals surface area contributed by atoms with E-state index in [1.54, 1.807) is 7.11 Å². The molecule has 1 aromatic carbocycles. The molecule has 3 unspecified atom stereocenters. The van der Waals surface area contributed by atoms with Crippen LogP contribution in [0, 0.1) is 17.3 Å². The van der Waals surface area contributed by atoms with Crippen molar-refractivity contribution in [1.82, 2.24) is 25.5 Å². The van der Waals surface area contributed by atoms with Crippen molar-refractivity contribution in [2.45, 2.75) is 78.3 Å². The molecule has 3 rings (SSSR count). The van der Waals surface area contributed by atoms with Crippen LogP contribution in [-0.4, -0.2) is 40.4 Å². The van der Waals surface area contributed by atoms with Crippen molar-refractivity contribution in [1.29, 1.82) is 0 Å². The van der Waals surface area contributed by atoms with Crippen molar-refractivity contribution in [3.05, 3.63) is 34.1 Å². The van der Waals surface area contributed by atoms with Crippen LogP contribution in [0.25, 0.3) is 0 Å². The molecular formula is C25H41BrN6O. The smallest absolute Gasteiger partial charge is 0.173 e. The van der Waals surface area contributed by atoms with E-state index < -0.39 is 0 Å². The average molecular weight is 522 g/mol. The molecule has 184 valence electrons. The molecule has 1 saturated carbocycles. The third kappa shape index (κ3) is 6.76. The van der Waals surface area contributed by atoms with Crippen molar-refractivity contribution in [3.8, 4) is 5.75 Å². The van der Waals surface area contributed by atoms with E-state index >= 15 is 0 Å². The minimum Gasteiger partial charge on any atom is -0.496 e. The number of halogens is 1. The van der Waals surface area contributed by atoms with E-state index in [1.165, 1.54) is 25.7 Å². The van der Waals surface area contributed by atoms with Gasteiger partial charge < -0.3 is 15.8 Å². The topological polar surface area (TPSA) is 90.9 Å². The number of nitrogens with zero attached hydrogens (tertiary/aromatic N) is 4. The third-order valence-corrected chi connectivity index (χ3v) is 7.25. The number of aromatic nitrogens is 4. The van der Waals surface area contributed by atoms with Crippen LogP contribution in [0.2, 0.25) is 0 Å². The summed E-state index contributed by atoms with van der Waals surface area (Å²) in [7, 11) is 1.68. The highest BCUT2D eigenvalue weighted by Crippen LogP contribution is 2.36. The van der Waals surface area contributed by atoms with E-state index in [1.807, 2.05) is 10.7 Å². The summed E-state index contributed by atoms with van der Waals surface area (Å²) in [6, 6.07) is 6.07. The van der Waals surface area contributed by atoms with Gasteiger partial charge in [0.25, 0.3) is 0 Å². The molecule has 8 heteroatoms. The molecule has 3 atom stereocenters. The first kappa shape index (κ1) is 26.1. The fourth-order valence-electron chi connectivity index (χ4n) is 5.48.